The number of fused-ring (bicyclic) bond motifs is 1. The number of benzene rings is 3. The van der Waals surface area contributed by atoms with Crippen LogP contribution >= 0.6 is 0 Å². The first kappa shape index (κ1) is 18.3. The molecule has 1 amide bonds. The van der Waals surface area contributed by atoms with Crippen LogP contribution in [-0.2, 0) is 4.74 Å². The molecule has 0 unspecified atom stereocenters. The Balaban J connectivity index is 1.79. The van der Waals surface area contributed by atoms with Crippen molar-refractivity contribution in [1.29, 1.82) is 0 Å². The summed E-state index contributed by atoms with van der Waals surface area (Å²) < 4.78 is 16.2. The Hall–Kier alpha value is -3.05. The zero-order chi connectivity index (χ0) is 19.5. The van der Waals surface area contributed by atoms with Crippen molar-refractivity contribution in [2.45, 2.75) is 0 Å². The molecule has 1 heterocycles. The number of amides is 1. The van der Waals surface area contributed by atoms with Crippen molar-refractivity contribution in [2.75, 3.05) is 40.5 Å². The quantitative estimate of drug-likeness (QED) is 0.690. The van der Waals surface area contributed by atoms with Crippen LogP contribution in [0, 0.1) is 0 Å². The fourth-order valence-corrected chi connectivity index (χ4v) is 3.61. The number of methoxy groups -OCH3 is 2. The Morgan fingerprint density at radius 1 is 0.929 bits per heavy atom. The van der Waals surface area contributed by atoms with Gasteiger partial charge in [-0.1, -0.05) is 30.3 Å². The van der Waals surface area contributed by atoms with Gasteiger partial charge >= 0.3 is 0 Å². The van der Waals surface area contributed by atoms with E-state index in [9.17, 15) is 4.79 Å². The lowest BCUT2D eigenvalue weighted by Crippen LogP contribution is -2.40. The van der Waals surface area contributed by atoms with Gasteiger partial charge in [0, 0.05) is 13.1 Å². The third-order valence-corrected chi connectivity index (χ3v) is 5.12. The van der Waals surface area contributed by atoms with Gasteiger partial charge in [-0.2, -0.15) is 0 Å². The zero-order valence-corrected chi connectivity index (χ0v) is 16.1. The van der Waals surface area contributed by atoms with Gasteiger partial charge in [-0.25, -0.2) is 0 Å². The second kappa shape index (κ2) is 7.90. The number of nitrogens with zero attached hydrogens (tertiary/aromatic N) is 1. The molecule has 0 aromatic heterocycles. The minimum Gasteiger partial charge on any atom is -0.497 e. The Morgan fingerprint density at radius 3 is 2.46 bits per heavy atom. The predicted octanol–water partition coefficient (Wildman–Crippen LogP) is 4.00. The largest absolute Gasteiger partial charge is 0.497 e. The number of carbonyl (C=O) groups is 1. The number of morpholine rings is 1. The summed E-state index contributed by atoms with van der Waals surface area (Å²) in [5.74, 6) is 1.40. The highest BCUT2D eigenvalue weighted by Crippen LogP contribution is 2.33. The molecule has 4 rings (SSSR count). The standard InChI is InChI=1S/C23H23NO4/c1-26-19-5-3-4-16(15-19)17-6-8-20-18(14-17)7-9-21(27-2)22(20)23(25)24-10-12-28-13-11-24/h3-9,14-15H,10-13H2,1-2H3. The maximum atomic E-state index is 13.2. The molecule has 0 aliphatic carbocycles. The number of rotatable bonds is 4. The molecule has 0 saturated carbocycles. The van der Waals surface area contributed by atoms with Gasteiger partial charge < -0.3 is 19.1 Å². The third kappa shape index (κ3) is 3.41. The van der Waals surface area contributed by atoms with E-state index in [0.29, 0.717) is 37.6 Å². The van der Waals surface area contributed by atoms with Crippen molar-refractivity contribution in [3.05, 3.63) is 60.2 Å². The maximum Gasteiger partial charge on any atom is 0.258 e. The highest BCUT2D eigenvalue weighted by molar-refractivity contribution is 6.10. The van der Waals surface area contributed by atoms with Crippen LogP contribution in [0.3, 0.4) is 0 Å². The second-order valence-corrected chi connectivity index (χ2v) is 6.72. The zero-order valence-electron chi connectivity index (χ0n) is 16.1. The van der Waals surface area contributed by atoms with Crippen LogP contribution in [0.1, 0.15) is 10.4 Å². The first-order valence-electron chi connectivity index (χ1n) is 9.33. The summed E-state index contributed by atoms with van der Waals surface area (Å²) in [7, 11) is 3.26. The molecule has 3 aromatic rings. The molecule has 5 nitrogen and oxygen atoms in total. The monoisotopic (exact) mass is 377 g/mol. The summed E-state index contributed by atoms with van der Waals surface area (Å²) in [5, 5.41) is 1.89. The Kier molecular flexibility index (Phi) is 5.17. The minimum absolute atomic E-state index is 0.0140. The molecule has 0 bridgehead atoms. The summed E-state index contributed by atoms with van der Waals surface area (Å²) in [5.41, 5.74) is 2.75. The second-order valence-electron chi connectivity index (χ2n) is 6.72. The van der Waals surface area contributed by atoms with E-state index in [1.807, 2.05) is 53.4 Å². The van der Waals surface area contributed by atoms with Crippen molar-refractivity contribution in [2.24, 2.45) is 0 Å². The summed E-state index contributed by atoms with van der Waals surface area (Å²) in [6.07, 6.45) is 0. The lowest BCUT2D eigenvalue weighted by molar-refractivity contribution is 0.0302. The van der Waals surface area contributed by atoms with Crippen LogP contribution < -0.4 is 9.47 Å². The van der Waals surface area contributed by atoms with Gasteiger partial charge in [0.1, 0.15) is 11.5 Å². The highest BCUT2D eigenvalue weighted by Gasteiger charge is 2.24. The van der Waals surface area contributed by atoms with E-state index in [1.165, 1.54) is 0 Å². The molecule has 3 aromatic carbocycles. The van der Waals surface area contributed by atoms with Gasteiger partial charge in [0.25, 0.3) is 5.91 Å². The van der Waals surface area contributed by atoms with E-state index < -0.39 is 0 Å². The fourth-order valence-electron chi connectivity index (χ4n) is 3.61. The van der Waals surface area contributed by atoms with Crippen LogP contribution in [0.15, 0.2) is 54.6 Å². The van der Waals surface area contributed by atoms with Gasteiger partial charge in [-0.15, -0.1) is 0 Å². The molecule has 1 aliphatic heterocycles. The van der Waals surface area contributed by atoms with E-state index in [-0.39, 0.29) is 5.91 Å². The summed E-state index contributed by atoms with van der Waals surface area (Å²) >= 11 is 0. The Morgan fingerprint density at radius 2 is 1.71 bits per heavy atom. The van der Waals surface area contributed by atoms with E-state index in [4.69, 9.17) is 14.2 Å². The van der Waals surface area contributed by atoms with Crippen LogP contribution in [0.25, 0.3) is 21.9 Å². The number of hydrogen-bond acceptors (Lipinski definition) is 4. The summed E-state index contributed by atoms with van der Waals surface area (Å²) in [4.78, 5) is 15.0. The van der Waals surface area contributed by atoms with Crippen LogP contribution in [-0.4, -0.2) is 51.3 Å². The molecular weight excluding hydrogens is 354 g/mol. The highest BCUT2D eigenvalue weighted by atomic mass is 16.5. The van der Waals surface area contributed by atoms with Crippen LogP contribution in [0.2, 0.25) is 0 Å². The average molecular weight is 377 g/mol. The first-order valence-corrected chi connectivity index (χ1v) is 9.33. The molecule has 1 aliphatic rings. The van der Waals surface area contributed by atoms with Crippen LogP contribution in [0.4, 0.5) is 0 Å². The van der Waals surface area contributed by atoms with Crippen molar-refractivity contribution in [1.82, 2.24) is 4.90 Å². The van der Waals surface area contributed by atoms with E-state index in [1.54, 1.807) is 14.2 Å². The van der Waals surface area contributed by atoms with Crippen molar-refractivity contribution in [3.63, 3.8) is 0 Å². The van der Waals surface area contributed by atoms with E-state index in [2.05, 4.69) is 6.07 Å². The molecular formula is C23H23NO4. The van der Waals surface area contributed by atoms with E-state index in [0.717, 1.165) is 27.6 Å². The number of ether oxygens (including phenoxy) is 3. The first-order chi connectivity index (χ1) is 13.7. The van der Waals surface area contributed by atoms with Crippen molar-refractivity contribution in [3.8, 4) is 22.6 Å². The molecule has 0 radical (unpaired) electrons. The van der Waals surface area contributed by atoms with Gasteiger partial charge in [-0.3, -0.25) is 4.79 Å². The topological polar surface area (TPSA) is 48.0 Å². The lowest BCUT2D eigenvalue weighted by atomic mass is 9.97. The summed E-state index contributed by atoms with van der Waals surface area (Å²) in [6, 6.07) is 17.9. The smallest absolute Gasteiger partial charge is 0.258 e. The van der Waals surface area contributed by atoms with Gasteiger partial charge in [0.15, 0.2) is 0 Å². The van der Waals surface area contributed by atoms with Gasteiger partial charge in [0.2, 0.25) is 0 Å². The lowest BCUT2D eigenvalue weighted by Gasteiger charge is -2.28. The van der Waals surface area contributed by atoms with E-state index >= 15 is 0 Å². The summed E-state index contributed by atoms with van der Waals surface area (Å²) in [6.45, 7) is 2.33. The molecule has 28 heavy (non-hydrogen) atoms. The molecule has 0 atom stereocenters. The number of hydrogen-bond donors (Lipinski definition) is 0. The SMILES string of the molecule is COc1cccc(-c2ccc3c(C(=O)N4CCOCC4)c(OC)ccc3c2)c1. The minimum atomic E-state index is -0.0140. The normalized spacial score (nSPS) is 14.1. The molecule has 0 spiro atoms. The van der Waals surface area contributed by atoms with Gasteiger partial charge in [0.05, 0.1) is 33.0 Å². The molecule has 5 heteroatoms. The number of carbonyl (C=O) groups excluding carboxylic acids is 1. The van der Waals surface area contributed by atoms with Crippen molar-refractivity contribution < 1.29 is 19.0 Å². The van der Waals surface area contributed by atoms with Crippen LogP contribution in [0.5, 0.6) is 11.5 Å². The molecule has 0 N–H and O–H groups in total. The fraction of sp³-hybridized carbons (Fsp3) is 0.261. The van der Waals surface area contributed by atoms with Crippen molar-refractivity contribution >= 4 is 16.7 Å². The molecule has 1 fully saturated rings. The Labute approximate surface area is 164 Å². The predicted molar refractivity (Wildman–Crippen MR) is 109 cm³/mol. The Bertz CT molecular complexity index is 1010. The van der Waals surface area contributed by atoms with Gasteiger partial charge in [-0.05, 0) is 46.2 Å². The average Bonchev–Trinajstić information content (AvgIpc) is 2.78. The third-order valence-electron chi connectivity index (χ3n) is 5.12. The molecule has 1 saturated heterocycles. The maximum absolute atomic E-state index is 13.2. The molecule has 144 valence electrons.